The molecule has 4 nitrogen and oxygen atoms in total. The molecule has 0 fully saturated rings. The molecular formula is C16H14N2O2S. The maximum Gasteiger partial charge on any atom is 0.338 e. The van der Waals surface area contributed by atoms with E-state index in [0.717, 1.165) is 26.5 Å². The number of thiazole rings is 1. The largest absolute Gasteiger partial charge is 0.462 e. The Balaban J connectivity index is 2.00. The zero-order valence-electron chi connectivity index (χ0n) is 11.8. The summed E-state index contributed by atoms with van der Waals surface area (Å²) in [7, 11) is 0. The highest BCUT2D eigenvalue weighted by Gasteiger charge is 2.11. The van der Waals surface area contributed by atoms with Crippen LogP contribution in [0.5, 0.6) is 0 Å². The molecule has 2 aromatic heterocycles. The Morgan fingerprint density at radius 2 is 2.14 bits per heavy atom. The number of esters is 1. The van der Waals surface area contributed by atoms with Crippen LogP contribution in [0.1, 0.15) is 23.0 Å². The average molecular weight is 298 g/mol. The second kappa shape index (κ2) is 5.61. The fraction of sp³-hybridized carbons (Fsp3) is 0.188. The number of ether oxygens (including phenoxy) is 1. The molecule has 0 aliphatic heterocycles. The number of aromatic nitrogens is 2. The van der Waals surface area contributed by atoms with Gasteiger partial charge in [0.15, 0.2) is 0 Å². The number of fused-ring (bicyclic) bond motifs is 1. The highest BCUT2D eigenvalue weighted by Crippen LogP contribution is 2.30. The maximum absolute atomic E-state index is 11.8. The summed E-state index contributed by atoms with van der Waals surface area (Å²) in [4.78, 5) is 20.6. The second-order valence-corrected chi connectivity index (χ2v) is 5.64. The first-order valence-electron chi connectivity index (χ1n) is 6.68. The molecule has 21 heavy (non-hydrogen) atoms. The van der Waals surface area contributed by atoms with Gasteiger partial charge in [-0.15, -0.1) is 11.3 Å². The molecule has 0 saturated heterocycles. The molecule has 2 heterocycles. The van der Waals surface area contributed by atoms with Crippen molar-refractivity contribution >= 4 is 27.5 Å². The number of benzene rings is 1. The van der Waals surface area contributed by atoms with Crippen molar-refractivity contribution in [2.75, 3.05) is 6.61 Å². The summed E-state index contributed by atoms with van der Waals surface area (Å²) in [6.45, 7) is 4.12. The minimum Gasteiger partial charge on any atom is -0.462 e. The van der Waals surface area contributed by atoms with Crippen LogP contribution in [-0.2, 0) is 4.74 Å². The fourth-order valence-corrected chi connectivity index (χ4v) is 2.98. The van der Waals surface area contributed by atoms with E-state index in [2.05, 4.69) is 9.97 Å². The first-order chi connectivity index (χ1) is 10.2. The third kappa shape index (κ3) is 2.78. The molecule has 106 valence electrons. The van der Waals surface area contributed by atoms with Crippen molar-refractivity contribution in [3.05, 3.63) is 47.8 Å². The fourth-order valence-electron chi connectivity index (χ4n) is 1.98. The number of aryl methyl sites for hydroxylation is 1. The highest BCUT2D eigenvalue weighted by molar-refractivity contribution is 7.21. The summed E-state index contributed by atoms with van der Waals surface area (Å²) in [6.07, 6.45) is 1.82. The van der Waals surface area contributed by atoms with Crippen molar-refractivity contribution in [2.24, 2.45) is 0 Å². The summed E-state index contributed by atoms with van der Waals surface area (Å²) in [6, 6.07) is 9.40. The van der Waals surface area contributed by atoms with Crippen LogP contribution in [0.25, 0.3) is 20.8 Å². The molecule has 0 amide bonds. The van der Waals surface area contributed by atoms with Crippen LogP contribution in [0.3, 0.4) is 0 Å². The molecule has 1 aromatic carbocycles. The number of pyridine rings is 1. The van der Waals surface area contributed by atoms with E-state index in [4.69, 9.17) is 4.74 Å². The van der Waals surface area contributed by atoms with E-state index < -0.39 is 0 Å². The quantitative estimate of drug-likeness (QED) is 0.689. The molecule has 3 rings (SSSR count). The lowest BCUT2D eigenvalue weighted by Gasteiger charge is -2.00. The third-order valence-corrected chi connectivity index (χ3v) is 4.13. The minimum atomic E-state index is -0.300. The van der Waals surface area contributed by atoms with Gasteiger partial charge in [0.25, 0.3) is 0 Å². The van der Waals surface area contributed by atoms with Crippen molar-refractivity contribution in [1.29, 1.82) is 0 Å². The first kappa shape index (κ1) is 13.7. The number of rotatable bonds is 3. The molecule has 0 aliphatic carbocycles. The van der Waals surface area contributed by atoms with Crippen molar-refractivity contribution < 1.29 is 9.53 Å². The molecule has 0 saturated carbocycles. The Morgan fingerprint density at radius 3 is 2.86 bits per heavy atom. The van der Waals surface area contributed by atoms with Crippen LogP contribution in [0, 0.1) is 6.92 Å². The molecule has 0 unspecified atom stereocenters. The Labute approximate surface area is 126 Å². The van der Waals surface area contributed by atoms with Gasteiger partial charge in [0, 0.05) is 17.5 Å². The molecule has 3 aromatic rings. The summed E-state index contributed by atoms with van der Waals surface area (Å²) >= 11 is 1.55. The van der Waals surface area contributed by atoms with Crippen LogP contribution >= 0.6 is 11.3 Å². The number of carbonyl (C=O) groups excluding carboxylic acids is 1. The first-order valence-corrected chi connectivity index (χ1v) is 7.50. The summed E-state index contributed by atoms with van der Waals surface area (Å²) in [5.74, 6) is -0.300. The lowest BCUT2D eigenvalue weighted by molar-refractivity contribution is 0.0526. The highest BCUT2D eigenvalue weighted by atomic mass is 32.1. The maximum atomic E-state index is 11.8. The van der Waals surface area contributed by atoms with Gasteiger partial charge in [0.1, 0.15) is 5.01 Å². The number of nitrogens with zero attached hydrogens (tertiary/aromatic N) is 2. The van der Waals surface area contributed by atoms with Crippen LogP contribution < -0.4 is 0 Å². The third-order valence-electron chi connectivity index (χ3n) is 3.06. The summed E-state index contributed by atoms with van der Waals surface area (Å²) in [5.41, 5.74) is 3.40. The van der Waals surface area contributed by atoms with Crippen LogP contribution in [0.15, 0.2) is 36.5 Å². The summed E-state index contributed by atoms with van der Waals surface area (Å²) < 4.78 is 5.99. The van der Waals surface area contributed by atoms with Gasteiger partial charge in [0.05, 0.1) is 22.4 Å². The van der Waals surface area contributed by atoms with E-state index in [9.17, 15) is 4.79 Å². The van der Waals surface area contributed by atoms with Crippen molar-refractivity contribution in [3.63, 3.8) is 0 Å². The van der Waals surface area contributed by atoms with E-state index in [1.807, 2.05) is 37.4 Å². The van der Waals surface area contributed by atoms with Gasteiger partial charge in [-0.2, -0.15) is 0 Å². The van der Waals surface area contributed by atoms with Gasteiger partial charge in [-0.1, -0.05) is 0 Å². The van der Waals surface area contributed by atoms with Gasteiger partial charge in [-0.25, -0.2) is 9.78 Å². The van der Waals surface area contributed by atoms with Gasteiger partial charge in [0.2, 0.25) is 0 Å². The predicted molar refractivity (Wildman–Crippen MR) is 83.5 cm³/mol. The van der Waals surface area contributed by atoms with Gasteiger partial charge in [-0.3, -0.25) is 4.98 Å². The molecular weight excluding hydrogens is 284 g/mol. The van der Waals surface area contributed by atoms with Crippen molar-refractivity contribution in [1.82, 2.24) is 9.97 Å². The lowest BCUT2D eigenvalue weighted by atomic mass is 10.2. The van der Waals surface area contributed by atoms with E-state index in [0.29, 0.717) is 12.2 Å². The van der Waals surface area contributed by atoms with E-state index in [1.54, 1.807) is 24.3 Å². The van der Waals surface area contributed by atoms with Crippen LogP contribution in [-0.4, -0.2) is 22.5 Å². The van der Waals surface area contributed by atoms with E-state index in [1.165, 1.54) is 0 Å². The van der Waals surface area contributed by atoms with Crippen LogP contribution in [0.2, 0.25) is 0 Å². The second-order valence-electron chi connectivity index (χ2n) is 4.61. The average Bonchev–Trinajstić information content (AvgIpc) is 2.91. The van der Waals surface area contributed by atoms with Crippen LogP contribution in [0.4, 0.5) is 0 Å². The molecule has 0 bridgehead atoms. The zero-order valence-corrected chi connectivity index (χ0v) is 12.6. The number of hydrogen-bond donors (Lipinski definition) is 0. The summed E-state index contributed by atoms with van der Waals surface area (Å²) in [5, 5.41) is 0.901. The Bertz CT molecular complexity index is 794. The number of carbonyl (C=O) groups is 1. The molecule has 0 atom stereocenters. The SMILES string of the molecule is CCOC(=O)c1ccc2nc(-c3ccc(C)nc3)sc2c1. The molecule has 5 heteroatoms. The monoisotopic (exact) mass is 298 g/mol. The van der Waals surface area contributed by atoms with Crippen molar-refractivity contribution in [2.45, 2.75) is 13.8 Å². The Morgan fingerprint density at radius 1 is 1.29 bits per heavy atom. The molecule has 0 spiro atoms. The number of hydrogen-bond acceptors (Lipinski definition) is 5. The van der Waals surface area contributed by atoms with E-state index >= 15 is 0 Å². The zero-order chi connectivity index (χ0) is 14.8. The van der Waals surface area contributed by atoms with Gasteiger partial charge in [-0.05, 0) is 44.2 Å². The minimum absolute atomic E-state index is 0.300. The standard InChI is InChI=1S/C16H14N2O2S/c1-3-20-16(19)11-6-7-13-14(8-11)21-15(18-13)12-5-4-10(2)17-9-12/h4-9H,3H2,1-2H3. The molecule has 0 aliphatic rings. The van der Waals surface area contributed by atoms with Crippen molar-refractivity contribution in [3.8, 4) is 10.6 Å². The predicted octanol–water partition coefficient (Wildman–Crippen LogP) is 3.84. The molecule has 0 radical (unpaired) electrons. The Kier molecular flexibility index (Phi) is 3.66. The Hall–Kier alpha value is -2.27. The molecule has 0 N–H and O–H groups in total. The van der Waals surface area contributed by atoms with E-state index in [-0.39, 0.29) is 5.97 Å². The smallest absolute Gasteiger partial charge is 0.338 e. The normalized spacial score (nSPS) is 10.8. The van der Waals surface area contributed by atoms with Gasteiger partial charge < -0.3 is 4.74 Å². The van der Waals surface area contributed by atoms with Gasteiger partial charge >= 0.3 is 5.97 Å². The topological polar surface area (TPSA) is 52.1 Å². The lowest BCUT2D eigenvalue weighted by Crippen LogP contribution is -2.03.